The Bertz CT molecular complexity index is 354. The number of rotatable bonds is 7. The van der Waals surface area contributed by atoms with Gasteiger partial charge in [0.05, 0.1) is 12.3 Å². The third-order valence-electron chi connectivity index (χ3n) is 2.97. The maximum atomic E-state index is 5.36. The number of hydrogen-bond acceptors (Lipinski definition) is 5. The normalized spacial score (nSPS) is 15.2. The minimum atomic E-state index is 0.710. The van der Waals surface area contributed by atoms with Crippen molar-refractivity contribution in [2.24, 2.45) is 5.84 Å². The number of methoxy groups -OCH3 is 1. The van der Waals surface area contributed by atoms with Gasteiger partial charge in [0.15, 0.2) is 0 Å². The van der Waals surface area contributed by atoms with Crippen molar-refractivity contribution < 1.29 is 4.74 Å². The van der Waals surface area contributed by atoms with E-state index in [2.05, 4.69) is 15.3 Å². The van der Waals surface area contributed by atoms with Crippen molar-refractivity contribution in [1.29, 1.82) is 0 Å². The van der Waals surface area contributed by atoms with E-state index in [0.29, 0.717) is 11.9 Å². The van der Waals surface area contributed by atoms with E-state index in [9.17, 15) is 0 Å². The lowest BCUT2D eigenvalue weighted by atomic mass is 10.3. The zero-order chi connectivity index (χ0) is 12.1. The summed E-state index contributed by atoms with van der Waals surface area (Å²) in [5, 5.41) is 0. The zero-order valence-electron chi connectivity index (χ0n) is 10.2. The first-order chi connectivity index (χ1) is 8.33. The van der Waals surface area contributed by atoms with Gasteiger partial charge in [0, 0.05) is 26.2 Å². The summed E-state index contributed by atoms with van der Waals surface area (Å²) in [5.41, 5.74) is 3.62. The topological polar surface area (TPSA) is 63.4 Å². The molecule has 2 rings (SSSR count). The molecule has 1 aliphatic carbocycles. The van der Waals surface area contributed by atoms with Crippen LogP contribution >= 0.6 is 0 Å². The predicted octanol–water partition coefficient (Wildman–Crippen LogP) is 0.978. The van der Waals surface area contributed by atoms with Gasteiger partial charge in [-0.2, -0.15) is 0 Å². The average Bonchev–Trinajstić information content (AvgIpc) is 3.19. The number of nitrogens with one attached hydrogen (secondary N) is 1. The van der Waals surface area contributed by atoms with Crippen molar-refractivity contribution in [2.75, 3.05) is 25.7 Å². The van der Waals surface area contributed by atoms with Gasteiger partial charge in [0.2, 0.25) is 0 Å². The number of nitrogens with two attached hydrogens (primary N) is 1. The van der Waals surface area contributed by atoms with Crippen LogP contribution in [0.4, 0.5) is 5.82 Å². The summed E-state index contributed by atoms with van der Waals surface area (Å²) >= 11 is 0. The lowest BCUT2D eigenvalue weighted by molar-refractivity contribution is 0.139. The van der Waals surface area contributed by atoms with E-state index in [1.807, 2.05) is 18.2 Å². The summed E-state index contributed by atoms with van der Waals surface area (Å²) in [6.45, 7) is 2.60. The minimum Gasteiger partial charge on any atom is -0.383 e. The molecule has 0 aliphatic heterocycles. The third kappa shape index (κ3) is 3.66. The number of pyridine rings is 1. The van der Waals surface area contributed by atoms with Crippen LogP contribution < -0.4 is 11.3 Å². The first-order valence-corrected chi connectivity index (χ1v) is 5.99. The number of hydrogen-bond donors (Lipinski definition) is 2. The maximum absolute atomic E-state index is 5.36. The first-order valence-electron chi connectivity index (χ1n) is 5.99. The van der Waals surface area contributed by atoms with Gasteiger partial charge in [0.1, 0.15) is 5.82 Å². The van der Waals surface area contributed by atoms with Gasteiger partial charge in [-0.25, -0.2) is 10.8 Å². The second-order valence-corrected chi connectivity index (χ2v) is 4.35. The van der Waals surface area contributed by atoms with Gasteiger partial charge < -0.3 is 10.2 Å². The molecular weight excluding hydrogens is 216 g/mol. The molecule has 1 fully saturated rings. The fourth-order valence-electron chi connectivity index (χ4n) is 1.90. The van der Waals surface area contributed by atoms with Crippen molar-refractivity contribution in [3.8, 4) is 0 Å². The molecular formula is C12H20N4O. The minimum absolute atomic E-state index is 0.710. The molecule has 1 saturated carbocycles. The molecule has 0 amide bonds. The van der Waals surface area contributed by atoms with Crippen LogP contribution in [0.15, 0.2) is 18.2 Å². The molecule has 3 N–H and O–H groups in total. The Balaban J connectivity index is 1.95. The Morgan fingerprint density at radius 1 is 1.53 bits per heavy atom. The molecule has 5 nitrogen and oxygen atoms in total. The average molecular weight is 236 g/mol. The Morgan fingerprint density at radius 2 is 2.35 bits per heavy atom. The molecule has 0 spiro atoms. The number of anilines is 1. The lowest BCUT2D eigenvalue weighted by Crippen LogP contribution is -2.29. The molecule has 94 valence electrons. The van der Waals surface area contributed by atoms with Gasteiger partial charge in [-0.1, -0.05) is 6.07 Å². The van der Waals surface area contributed by atoms with Gasteiger partial charge in [0.25, 0.3) is 0 Å². The highest BCUT2D eigenvalue weighted by Crippen LogP contribution is 2.27. The molecule has 1 aromatic heterocycles. The summed E-state index contributed by atoms with van der Waals surface area (Å²) in [4.78, 5) is 6.85. The van der Waals surface area contributed by atoms with Crippen LogP contribution in [0.25, 0.3) is 0 Å². The smallest absolute Gasteiger partial charge is 0.140 e. The summed E-state index contributed by atoms with van der Waals surface area (Å²) in [6.07, 6.45) is 2.58. The number of hydrazine groups is 1. The van der Waals surface area contributed by atoms with Crippen molar-refractivity contribution in [1.82, 2.24) is 9.88 Å². The van der Waals surface area contributed by atoms with Crippen molar-refractivity contribution in [3.63, 3.8) is 0 Å². The highest BCUT2D eigenvalue weighted by Gasteiger charge is 2.28. The van der Waals surface area contributed by atoms with E-state index in [1.165, 1.54) is 12.8 Å². The number of nitrogen functional groups attached to an aromatic ring is 1. The molecule has 0 atom stereocenters. The van der Waals surface area contributed by atoms with Crippen LogP contribution in [0, 0.1) is 0 Å². The largest absolute Gasteiger partial charge is 0.383 e. The second kappa shape index (κ2) is 5.95. The molecule has 17 heavy (non-hydrogen) atoms. The van der Waals surface area contributed by atoms with Crippen molar-refractivity contribution in [3.05, 3.63) is 23.9 Å². The van der Waals surface area contributed by atoms with Crippen LogP contribution in [0.1, 0.15) is 18.5 Å². The summed E-state index contributed by atoms with van der Waals surface area (Å²) in [5.74, 6) is 6.07. The standard InChI is InChI=1S/C12H20N4O/c1-17-8-7-16(11-5-6-11)9-10-3-2-4-12(14-10)15-13/h2-4,11H,5-9,13H2,1H3,(H,14,15). The summed E-state index contributed by atoms with van der Waals surface area (Å²) < 4.78 is 5.14. The Labute approximate surface area is 102 Å². The van der Waals surface area contributed by atoms with Gasteiger partial charge in [-0.05, 0) is 25.0 Å². The summed E-state index contributed by atoms with van der Waals surface area (Å²) in [6, 6.07) is 6.57. The van der Waals surface area contributed by atoms with Crippen LogP contribution in [-0.2, 0) is 11.3 Å². The van der Waals surface area contributed by atoms with Crippen LogP contribution in [0.5, 0.6) is 0 Å². The number of ether oxygens (including phenoxy) is 1. The van der Waals surface area contributed by atoms with Gasteiger partial charge in [-0.3, -0.25) is 4.90 Å². The number of nitrogens with zero attached hydrogens (tertiary/aromatic N) is 2. The van der Waals surface area contributed by atoms with Crippen molar-refractivity contribution >= 4 is 5.82 Å². The number of aromatic nitrogens is 1. The van der Waals surface area contributed by atoms with E-state index in [1.54, 1.807) is 7.11 Å². The summed E-state index contributed by atoms with van der Waals surface area (Å²) in [7, 11) is 1.74. The van der Waals surface area contributed by atoms with Gasteiger partial charge >= 0.3 is 0 Å². The molecule has 1 aromatic rings. The highest BCUT2D eigenvalue weighted by molar-refractivity contribution is 5.33. The van der Waals surface area contributed by atoms with Crippen LogP contribution in [0.3, 0.4) is 0 Å². The first kappa shape index (κ1) is 12.3. The SMILES string of the molecule is COCCN(Cc1cccc(NN)n1)C1CC1. The maximum Gasteiger partial charge on any atom is 0.140 e. The fraction of sp³-hybridized carbons (Fsp3) is 0.583. The Kier molecular flexibility index (Phi) is 4.30. The van der Waals surface area contributed by atoms with Crippen LogP contribution in [0.2, 0.25) is 0 Å². The monoisotopic (exact) mass is 236 g/mol. The molecule has 0 radical (unpaired) electrons. The molecule has 0 saturated heterocycles. The third-order valence-corrected chi connectivity index (χ3v) is 2.97. The zero-order valence-corrected chi connectivity index (χ0v) is 10.2. The molecule has 0 bridgehead atoms. The Morgan fingerprint density at radius 3 is 3.00 bits per heavy atom. The van der Waals surface area contributed by atoms with E-state index in [0.717, 1.165) is 25.4 Å². The molecule has 1 heterocycles. The molecule has 5 heteroatoms. The highest BCUT2D eigenvalue weighted by atomic mass is 16.5. The van der Waals surface area contributed by atoms with E-state index in [4.69, 9.17) is 10.6 Å². The fourth-order valence-corrected chi connectivity index (χ4v) is 1.90. The molecule has 0 aromatic carbocycles. The second-order valence-electron chi connectivity index (χ2n) is 4.35. The molecule has 0 unspecified atom stereocenters. The Hall–Kier alpha value is -1.17. The van der Waals surface area contributed by atoms with Crippen molar-refractivity contribution in [2.45, 2.75) is 25.4 Å². The van der Waals surface area contributed by atoms with E-state index in [-0.39, 0.29) is 0 Å². The molecule has 1 aliphatic rings. The predicted molar refractivity (Wildman–Crippen MR) is 67.4 cm³/mol. The van der Waals surface area contributed by atoms with E-state index >= 15 is 0 Å². The van der Waals surface area contributed by atoms with E-state index < -0.39 is 0 Å². The lowest BCUT2D eigenvalue weighted by Gasteiger charge is -2.21. The quantitative estimate of drug-likeness (QED) is 0.546. The van der Waals surface area contributed by atoms with Crippen LogP contribution in [-0.4, -0.2) is 36.2 Å². The van der Waals surface area contributed by atoms with Gasteiger partial charge in [-0.15, -0.1) is 0 Å².